The average Bonchev–Trinajstić information content (AvgIpc) is 3.32. The molecule has 2 aromatic heterocycles. The quantitative estimate of drug-likeness (QED) is 0.601. The maximum absolute atomic E-state index is 14.0. The molecular formula is C20H19F6N5O3. The predicted molar refractivity (Wildman–Crippen MR) is 104 cm³/mol. The molecule has 0 unspecified atom stereocenters. The number of nitrogens with two attached hydrogens (primary N) is 1. The summed E-state index contributed by atoms with van der Waals surface area (Å²) in [6, 6.07) is 2.34. The Morgan fingerprint density at radius 3 is 2.47 bits per heavy atom. The lowest BCUT2D eigenvalue weighted by Gasteiger charge is -2.15. The van der Waals surface area contributed by atoms with E-state index in [1.807, 2.05) is 0 Å². The molecule has 3 N–H and O–H groups in total. The lowest BCUT2D eigenvalue weighted by atomic mass is 10.0. The van der Waals surface area contributed by atoms with Gasteiger partial charge in [0.05, 0.1) is 12.3 Å². The first-order valence-electron chi connectivity index (χ1n) is 10.3. The largest absolute Gasteiger partial charge is 0.420 e. The van der Waals surface area contributed by atoms with Gasteiger partial charge in [-0.15, -0.1) is 0 Å². The molecule has 2 aliphatic rings. The second kappa shape index (κ2) is 8.56. The topological polar surface area (TPSA) is 112 Å². The molecule has 2 atom stereocenters. The number of carbonyl (C=O) groups excluding carboxylic acids is 2. The number of aromatic nitrogens is 3. The second-order valence-corrected chi connectivity index (χ2v) is 8.28. The van der Waals surface area contributed by atoms with E-state index in [0.29, 0.717) is 12.8 Å². The van der Waals surface area contributed by atoms with Crippen molar-refractivity contribution in [2.75, 3.05) is 11.9 Å². The summed E-state index contributed by atoms with van der Waals surface area (Å²) in [7, 11) is 0. The molecule has 2 amide bonds. The van der Waals surface area contributed by atoms with Crippen LogP contribution in [0.4, 0.5) is 32.0 Å². The maximum atomic E-state index is 14.0. The van der Waals surface area contributed by atoms with Crippen molar-refractivity contribution in [3.05, 3.63) is 41.0 Å². The van der Waals surface area contributed by atoms with Crippen molar-refractivity contribution in [3.8, 4) is 0 Å². The van der Waals surface area contributed by atoms with Crippen LogP contribution in [0.15, 0.2) is 18.3 Å². The van der Waals surface area contributed by atoms with Crippen molar-refractivity contribution in [3.63, 3.8) is 0 Å². The smallest absolute Gasteiger partial charge is 0.368 e. The number of hydrogen-bond acceptors (Lipinski definition) is 5. The number of carbonyl (C=O) groups is 2. The monoisotopic (exact) mass is 491 g/mol. The highest BCUT2D eigenvalue weighted by atomic mass is 19.4. The molecular weight excluding hydrogens is 472 g/mol. The van der Waals surface area contributed by atoms with Gasteiger partial charge in [-0.3, -0.25) is 19.3 Å². The fourth-order valence-electron chi connectivity index (χ4n) is 3.89. The number of amides is 2. The zero-order valence-electron chi connectivity index (χ0n) is 17.4. The third-order valence-electron chi connectivity index (χ3n) is 5.59. The van der Waals surface area contributed by atoms with Crippen LogP contribution in [0.5, 0.6) is 0 Å². The van der Waals surface area contributed by atoms with E-state index in [1.54, 1.807) is 0 Å². The number of pyridine rings is 1. The van der Waals surface area contributed by atoms with Crippen LogP contribution in [-0.2, 0) is 17.5 Å². The van der Waals surface area contributed by atoms with E-state index < -0.39 is 59.8 Å². The van der Waals surface area contributed by atoms with Gasteiger partial charge in [0.25, 0.3) is 11.8 Å². The van der Waals surface area contributed by atoms with E-state index in [-0.39, 0.29) is 30.2 Å². The number of ether oxygens (including phenoxy) is 1. The molecule has 34 heavy (non-hydrogen) atoms. The highest BCUT2D eigenvalue weighted by Gasteiger charge is 2.48. The van der Waals surface area contributed by atoms with Gasteiger partial charge in [0.15, 0.2) is 6.10 Å². The summed E-state index contributed by atoms with van der Waals surface area (Å²) >= 11 is 0. The molecule has 1 saturated heterocycles. The van der Waals surface area contributed by atoms with Crippen LogP contribution >= 0.6 is 0 Å². The first kappa shape index (κ1) is 24.0. The fraction of sp³-hybridized carbons (Fsp3) is 0.500. The van der Waals surface area contributed by atoms with E-state index in [0.717, 1.165) is 16.9 Å². The molecule has 2 aromatic rings. The van der Waals surface area contributed by atoms with Crippen molar-refractivity contribution in [2.45, 2.75) is 50.2 Å². The maximum Gasteiger partial charge on any atom is 0.420 e. The van der Waals surface area contributed by atoms with Gasteiger partial charge in [-0.25, -0.2) is 0 Å². The molecule has 184 valence electrons. The number of alkyl halides is 6. The van der Waals surface area contributed by atoms with Crippen LogP contribution in [0.3, 0.4) is 0 Å². The van der Waals surface area contributed by atoms with Crippen LogP contribution in [0.2, 0.25) is 0 Å². The number of rotatable bonds is 6. The highest BCUT2D eigenvalue weighted by Crippen LogP contribution is 2.47. The molecule has 0 aromatic carbocycles. The number of primary amides is 1. The van der Waals surface area contributed by atoms with Crippen molar-refractivity contribution >= 4 is 17.5 Å². The Bertz CT molecular complexity index is 1110. The Balaban J connectivity index is 1.69. The van der Waals surface area contributed by atoms with Crippen molar-refractivity contribution < 1.29 is 40.7 Å². The molecule has 0 radical (unpaired) electrons. The normalized spacial score (nSPS) is 21.0. The molecule has 0 bridgehead atoms. The number of halogens is 6. The summed E-state index contributed by atoms with van der Waals surface area (Å²) < 4.78 is 86.5. The molecule has 8 nitrogen and oxygen atoms in total. The van der Waals surface area contributed by atoms with Crippen molar-refractivity contribution in [1.29, 1.82) is 0 Å². The Labute approximate surface area is 188 Å². The van der Waals surface area contributed by atoms with E-state index in [2.05, 4.69) is 15.4 Å². The minimum Gasteiger partial charge on any atom is -0.368 e. The van der Waals surface area contributed by atoms with Crippen molar-refractivity contribution in [1.82, 2.24) is 14.8 Å². The Morgan fingerprint density at radius 1 is 1.21 bits per heavy atom. The van der Waals surface area contributed by atoms with Crippen LogP contribution in [0.1, 0.15) is 57.4 Å². The highest BCUT2D eigenvalue weighted by molar-refractivity contribution is 6.05. The van der Waals surface area contributed by atoms with Crippen molar-refractivity contribution in [2.24, 2.45) is 11.7 Å². The fourth-order valence-corrected chi connectivity index (χ4v) is 3.89. The first-order chi connectivity index (χ1) is 15.8. The third-order valence-corrected chi connectivity index (χ3v) is 5.59. The molecule has 14 heteroatoms. The van der Waals surface area contributed by atoms with Gasteiger partial charge in [-0.05, 0) is 31.4 Å². The first-order valence-corrected chi connectivity index (χ1v) is 10.3. The zero-order valence-corrected chi connectivity index (χ0v) is 17.4. The molecule has 4 rings (SSSR count). The number of nitrogens with zero attached hydrogens (tertiary/aromatic N) is 3. The SMILES string of the molecule is NC(=O)c1cc(NC(=O)c2c(C(F)(F)F)c(C3CC3)nn2C[C@@H]2CO[C@H](C(F)(F)F)C2)ccn1. The summed E-state index contributed by atoms with van der Waals surface area (Å²) in [6.07, 6.45) is -9.97. The second-order valence-electron chi connectivity index (χ2n) is 8.28. The van der Waals surface area contributed by atoms with Crippen LogP contribution in [0.25, 0.3) is 0 Å². The molecule has 1 saturated carbocycles. The summed E-state index contributed by atoms with van der Waals surface area (Å²) in [4.78, 5) is 28.0. The van der Waals surface area contributed by atoms with E-state index in [1.165, 1.54) is 6.07 Å². The van der Waals surface area contributed by atoms with Gasteiger partial charge in [-0.1, -0.05) is 0 Å². The molecule has 3 heterocycles. The lowest BCUT2D eigenvalue weighted by molar-refractivity contribution is -0.206. The van der Waals surface area contributed by atoms with Gasteiger partial charge in [0.2, 0.25) is 0 Å². The van der Waals surface area contributed by atoms with Gasteiger partial charge < -0.3 is 15.8 Å². The molecule has 0 spiro atoms. The van der Waals surface area contributed by atoms with E-state index in [9.17, 15) is 35.9 Å². The van der Waals surface area contributed by atoms with Gasteiger partial charge in [-0.2, -0.15) is 31.4 Å². The standard InChI is InChI=1S/C20H19F6N5O3/c21-19(22,23)13-5-9(8-34-13)7-31-16(14(20(24,25)26)15(30-31)10-1-2-10)18(33)29-11-3-4-28-12(6-11)17(27)32/h3-4,6,9-10,13H,1-2,5,7-8H2,(H2,27,32)(H,28,29,33)/t9-,13+/m1/s1. The van der Waals surface area contributed by atoms with Crippen LogP contribution < -0.4 is 11.1 Å². The Kier molecular flexibility index (Phi) is 6.04. The average molecular weight is 491 g/mol. The summed E-state index contributed by atoms with van der Waals surface area (Å²) in [5.74, 6) is -3.38. The van der Waals surface area contributed by atoms with Crippen LogP contribution in [0, 0.1) is 5.92 Å². The zero-order chi connectivity index (χ0) is 24.8. The number of nitrogens with one attached hydrogen (secondary N) is 1. The summed E-state index contributed by atoms with van der Waals surface area (Å²) in [5, 5.41) is 6.29. The molecule has 1 aliphatic carbocycles. The van der Waals surface area contributed by atoms with E-state index in [4.69, 9.17) is 10.5 Å². The van der Waals surface area contributed by atoms with Gasteiger partial charge in [0.1, 0.15) is 17.0 Å². The number of hydrogen-bond donors (Lipinski definition) is 2. The number of anilines is 1. The molecule has 1 aliphatic heterocycles. The predicted octanol–water partition coefficient (Wildman–Crippen LogP) is 3.49. The van der Waals surface area contributed by atoms with Gasteiger partial charge in [0, 0.05) is 30.3 Å². The minimum absolute atomic E-state index is 0.0380. The van der Waals surface area contributed by atoms with Crippen LogP contribution in [-0.4, -0.2) is 45.5 Å². The minimum atomic E-state index is -4.93. The van der Waals surface area contributed by atoms with Gasteiger partial charge >= 0.3 is 12.4 Å². The third kappa shape index (κ3) is 5.00. The Morgan fingerprint density at radius 2 is 1.91 bits per heavy atom. The lowest BCUT2D eigenvalue weighted by Crippen LogP contribution is -2.28. The van der Waals surface area contributed by atoms with E-state index >= 15 is 0 Å². The Hall–Kier alpha value is -3.16. The summed E-state index contributed by atoms with van der Waals surface area (Å²) in [5.41, 5.74) is 2.53. The molecule has 2 fully saturated rings. The summed E-state index contributed by atoms with van der Waals surface area (Å²) in [6.45, 7) is -0.703.